The van der Waals surface area contributed by atoms with E-state index in [-0.39, 0.29) is 6.42 Å². The summed E-state index contributed by atoms with van der Waals surface area (Å²) in [7, 11) is 0. The molecule has 0 spiro atoms. The molecular weight excluding hydrogens is 248 g/mol. The van der Waals surface area contributed by atoms with Crippen LogP contribution in [-0.4, -0.2) is 11.1 Å². The second-order valence-corrected chi connectivity index (χ2v) is 4.97. The normalized spacial score (nSPS) is 9.25. The van der Waals surface area contributed by atoms with Gasteiger partial charge in [0.15, 0.2) is 0 Å². The molecule has 0 amide bonds. The van der Waals surface area contributed by atoms with Gasteiger partial charge in [0, 0.05) is 32.1 Å². The maximum atomic E-state index is 10.3. The fourth-order valence-corrected chi connectivity index (χ4v) is 1.79. The van der Waals surface area contributed by atoms with Gasteiger partial charge in [-0.05, 0) is 19.3 Å². The Morgan fingerprint density at radius 3 is 1.75 bits per heavy atom. The van der Waals surface area contributed by atoms with Crippen LogP contribution in [0.2, 0.25) is 0 Å². The minimum absolute atomic E-state index is 0.279. The molecule has 0 saturated carbocycles. The van der Waals surface area contributed by atoms with Crippen LogP contribution < -0.4 is 0 Å². The molecule has 0 rings (SSSR count). The molecule has 0 aromatic carbocycles. The van der Waals surface area contributed by atoms with Gasteiger partial charge in [-0.25, -0.2) is 0 Å². The van der Waals surface area contributed by atoms with Crippen molar-refractivity contribution in [2.75, 3.05) is 0 Å². The number of aliphatic carboxylic acids is 1. The van der Waals surface area contributed by atoms with E-state index >= 15 is 0 Å². The lowest BCUT2D eigenvalue weighted by atomic mass is 10.1. The van der Waals surface area contributed by atoms with Gasteiger partial charge in [0.1, 0.15) is 0 Å². The van der Waals surface area contributed by atoms with Crippen molar-refractivity contribution in [1.82, 2.24) is 0 Å². The van der Waals surface area contributed by atoms with Crippen LogP contribution in [-0.2, 0) is 4.79 Å². The number of unbranched alkanes of at least 4 members (excludes halogenated alkanes) is 8. The molecule has 0 radical (unpaired) electrons. The van der Waals surface area contributed by atoms with Crippen LogP contribution in [0.3, 0.4) is 0 Å². The molecule has 20 heavy (non-hydrogen) atoms. The van der Waals surface area contributed by atoms with E-state index in [0.29, 0.717) is 0 Å². The lowest BCUT2D eigenvalue weighted by Gasteiger charge is -1.93. The summed E-state index contributed by atoms with van der Waals surface area (Å²) in [6.45, 7) is 2.22. The number of rotatable bonds is 10. The van der Waals surface area contributed by atoms with Gasteiger partial charge < -0.3 is 5.11 Å². The lowest BCUT2D eigenvalue weighted by molar-refractivity contribution is -0.137. The van der Waals surface area contributed by atoms with Gasteiger partial charge in [0.2, 0.25) is 0 Å². The van der Waals surface area contributed by atoms with Crippen molar-refractivity contribution in [2.24, 2.45) is 0 Å². The molecule has 0 saturated heterocycles. The predicted molar refractivity (Wildman–Crippen MR) is 84.3 cm³/mol. The molecule has 1 N–H and O–H groups in total. The Balaban J connectivity index is 3.28. The van der Waals surface area contributed by atoms with Gasteiger partial charge in [-0.2, -0.15) is 0 Å². The van der Waals surface area contributed by atoms with Crippen molar-refractivity contribution in [1.29, 1.82) is 0 Å². The fraction of sp³-hybridized carbons (Fsp3) is 0.722. The van der Waals surface area contributed by atoms with E-state index in [1.54, 1.807) is 0 Å². The first-order valence-corrected chi connectivity index (χ1v) is 7.90. The van der Waals surface area contributed by atoms with Crippen LogP contribution >= 0.6 is 0 Å². The van der Waals surface area contributed by atoms with Crippen LogP contribution in [0.4, 0.5) is 0 Å². The summed E-state index contributed by atoms with van der Waals surface area (Å²) >= 11 is 0. The monoisotopic (exact) mass is 276 g/mol. The molecule has 0 fully saturated rings. The maximum absolute atomic E-state index is 10.3. The first-order chi connectivity index (χ1) is 9.77. The molecule has 0 bridgehead atoms. The van der Waals surface area contributed by atoms with Gasteiger partial charge in [-0.15, -0.1) is 23.7 Å². The van der Waals surface area contributed by atoms with E-state index in [4.69, 9.17) is 5.11 Å². The van der Waals surface area contributed by atoms with Gasteiger partial charge in [-0.1, -0.05) is 32.6 Å². The second kappa shape index (κ2) is 15.6. The Hall–Kier alpha value is -1.41. The molecule has 0 aromatic rings. The highest BCUT2D eigenvalue weighted by Crippen LogP contribution is 2.02. The van der Waals surface area contributed by atoms with Crippen LogP contribution in [0.15, 0.2) is 0 Å². The Labute approximate surface area is 124 Å². The molecule has 2 nitrogen and oxygen atoms in total. The van der Waals surface area contributed by atoms with Crippen LogP contribution in [0.1, 0.15) is 84.0 Å². The quantitative estimate of drug-likeness (QED) is 0.460. The third kappa shape index (κ3) is 16.6. The van der Waals surface area contributed by atoms with Gasteiger partial charge in [0.25, 0.3) is 0 Å². The van der Waals surface area contributed by atoms with Crippen molar-refractivity contribution < 1.29 is 9.90 Å². The molecule has 112 valence electrons. The Morgan fingerprint density at radius 1 is 0.750 bits per heavy atom. The number of carboxylic acids is 1. The number of hydrogen-bond donors (Lipinski definition) is 1. The first kappa shape index (κ1) is 18.6. The zero-order chi connectivity index (χ0) is 14.9. The minimum Gasteiger partial charge on any atom is -0.481 e. The van der Waals surface area contributed by atoms with E-state index in [9.17, 15) is 4.79 Å². The van der Waals surface area contributed by atoms with Crippen LogP contribution in [0, 0.1) is 23.7 Å². The molecule has 2 heteroatoms. The van der Waals surface area contributed by atoms with Crippen molar-refractivity contribution in [3.8, 4) is 23.7 Å². The Kier molecular flexibility index (Phi) is 14.5. The zero-order valence-electron chi connectivity index (χ0n) is 12.8. The summed E-state index contributed by atoms with van der Waals surface area (Å²) < 4.78 is 0. The highest BCUT2D eigenvalue weighted by atomic mass is 16.4. The predicted octanol–water partition coefficient (Wildman–Crippen LogP) is 4.78. The summed E-state index contributed by atoms with van der Waals surface area (Å²) in [5.41, 5.74) is 0. The Bertz CT molecular complexity index is 349. The molecule has 0 heterocycles. The summed E-state index contributed by atoms with van der Waals surface area (Å²) in [6, 6.07) is 0. The minimum atomic E-state index is -0.704. The van der Waals surface area contributed by atoms with E-state index in [0.717, 1.165) is 44.9 Å². The second-order valence-electron chi connectivity index (χ2n) is 4.97. The number of carbonyl (C=O) groups is 1. The van der Waals surface area contributed by atoms with Gasteiger partial charge in [-0.3, -0.25) is 4.79 Å². The van der Waals surface area contributed by atoms with Crippen LogP contribution in [0.5, 0.6) is 0 Å². The van der Waals surface area contributed by atoms with E-state index in [1.807, 2.05) is 0 Å². The van der Waals surface area contributed by atoms with Gasteiger partial charge in [0.05, 0.1) is 0 Å². The van der Waals surface area contributed by atoms with Crippen LogP contribution in [0.25, 0.3) is 0 Å². The standard InChI is InChI=1S/C18H28O2/c1-2-3-4-5-6-7-8-9-10-11-12-13-14-15-16-17-18(19)20/h2-6,9-10,13-17H2,1H3,(H,19,20). The molecule has 0 aromatic heterocycles. The summed E-state index contributed by atoms with van der Waals surface area (Å²) in [5.74, 6) is 11.9. The van der Waals surface area contributed by atoms with Crippen molar-refractivity contribution in [2.45, 2.75) is 84.0 Å². The first-order valence-electron chi connectivity index (χ1n) is 7.90. The molecule has 0 aliphatic carbocycles. The molecule has 0 aliphatic rings. The zero-order valence-corrected chi connectivity index (χ0v) is 12.8. The van der Waals surface area contributed by atoms with Crippen molar-refractivity contribution in [3.05, 3.63) is 0 Å². The Morgan fingerprint density at radius 2 is 1.25 bits per heavy atom. The smallest absolute Gasteiger partial charge is 0.303 e. The summed E-state index contributed by atoms with van der Waals surface area (Å²) in [6.07, 6.45) is 11.8. The number of carboxylic acid groups (broad SMARTS) is 1. The third-order valence-electron chi connectivity index (χ3n) is 2.97. The molecule has 0 atom stereocenters. The fourth-order valence-electron chi connectivity index (χ4n) is 1.79. The topological polar surface area (TPSA) is 37.3 Å². The van der Waals surface area contributed by atoms with E-state index in [1.165, 1.54) is 25.7 Å². The van der Waals surface area contributed by atoms with Crippen molar-refractivity contribution >= 4 is 5.97 Å². The van der Waals surface area contributed by atoms with E-state index < -0.39 is 5.97 Å². The average molecular weight is 276 g/mol. The largest absolute Gasteiger partial charge is 0.481 e. The highest BCUT2D eigenvalue weighted by molar-refractivity contribution is 5.66. The molecular formula is C18H28O2. The van der Waals surface area contributed by atoms with Crippen molar-refractivity contribution in [3.63, 3.8) is 0 Å². The molecule has 0 aliphatic heterocycles. The SMILES string of the molecule is CCCCCCC#CCCC#CCCCCCC(=O)O. The maximum Gasteiger partial charge on any atom is 0.303 e. The van der Waals surface area contributed by atoms with E-state index in [2.05, 4.69) is 30.6 Å². The molecule has 0 unspecified atom stereocenters. The van der Waals surface area contributed by atoms with Gasteiger partial charge >= 0.3 is 5.97 Å². The average Bonchev–Trinajstić information content (AvgIpc) is 2.43. The third-order valence-corrected chi connectivity index (χ3v) is 2.97. The summed E-state index contributed by atoms with van der Waals surface area (Å²) in [4.78, 5) is 10.3. The summed E-state index contributed by atoms with van der Waals surface area (Å²) in [5, 5.41) is 8.48. The number of hydrogen-bond acceptors (Lipinski definition) is 1. The highest BCUT2D eigenvalue weighted by Gasteiger charge is 1.94. The lowest BCUT2D eigenvalue weighted by Crippen LogP contribution is -1.93.